The molecule has 4 rings (SSSR count). The number of benzene rings is 1. The van der Waals surface area contributed by atoms with E-state index in [9.17, 15) is 14.4 Å². The van der Waals surface area contributed by atoms with E-state index >= 15 is 0 Å². The number of amides is 3. The van der Waals surface area contributed by atoms with Crippen LogP contribution in [0.5, 0.6) is 11.5 Å². The predicted octanol–water partition coefficient (Wildman–Crippen LogP) is 3.72. The zero-order chi connectivity index (χ0) is 23.2. The first-order chi connectivity index (χ1) is 16.0. The van der Waals surface area contributed by atoms with E-state index in [0.29, 0.717) is 36.8 Å². The van der Waals surface area contributed by atoms with Crippen LogP contribution in [0.4, 0.5) is 4.79 Å². The van der Waals surface area contributed by atoms with Gasteiger partial charge < -0.3 is 14.4 Å². The Kier molecular flexibility index (Phi) is 7.29. The van der Waals surface area contributed by atoms with Crippen LogP contribution in [-0.2, 0) is 16.2 Å². The second-order valence-electron chi connectivity index (χ2n) is 7.76. The largest absolute Gasteiger partial charge is 0.493 e. The monoisotopic (exact) mass is 467 g/mol. The number of ether oxygens (including phenoxy) is 2. The Morgan fingerprint density at radius 2 is 1.85 bits per heavy atom. The molecule has 0 atom stereocenters. The molecular formula is C24H25N3O5S. The number of carbonyl (C=O) groups excluding carboxylic acids is 3. The first-order valence-corrected chi connectivity index (χ1v) is 11.6. The van der Waals surface area contributed by atoms with Crippen LogP contribution in [0.2, 0.25) is 0 Å². The highest BCUT2D eigenvalue weighted by molar-refractivity contribution is 8.18. The van der Waals surface area contributed by atoms with E-state index in [4.69, 9.17) is 9.47 Å². The number of thioether (sulfide) groups is 1. The molecule has 2 aliphatic heterocycles. The van der Waals surface area contributed by atoms with Crippen molar-refractivity contribution in [2.75, 3.05) is 26.7 Å². The van der Waals surface area contributed by atoms with Crippen molar-refractivity contribution in [3.05, 3.63) is 58.8 Å². The maximum Gasteiger partial charge on any atom is 0.294 e. The van der Waals surface area contributed by atoms with Crippen molar-refractivity contribution in [3.63, 3.8) is 0 Å². The van der Waals surface area contributed by atoms with E-state index in [0.717, 1.165) is 41.5 Å². The summed E-state index contributed by atoms with van der Waals surface area (Å²) in [6.07, 6.45) is 8.05. The van der Waals surface area contributed by atoms with Crippen LogP contribution in [0.1, 0.15) is 30.4 Å². The van der Waals surface area contributed by atoms with E-state index in [-0.39, 0.29) is 17.4 Å². The molecule has 0 aliphatic carbocycles. The van der Waals surface area contributed by atoms with Crippen LogP contribution in [-0.4, -0.2) is 58.6 Å². The van der Waals surface area contributed by atoms with Crippen LogP contribution in [0.15, 0.2) is 47.6 Å². The lowest BCUT2D eigenvalue weighted by atomic mass is 10.1. The smallest absolute Gasteiger partial charge is 0.294 e. The predicted molar refractivity (Wildman–Crippen MR) is 125 cm³/mol. The minimum Gasteiger partial charge on any atom is -0.493 e. The number of carbonyl (C=O) groups is 3. The summed E-state index contributed by atoms with van der Waals surface area (Å²) in [5, 5.41) is -0.430. The van der Waals surface area contributed by atoms with Crippen LogP contribution >= 0.6 is 11.8 Å². The summed E-state index contributed by atoms with van der Waals surface area (Å²) in [4.78, 5) is 44.7. The molecule has 0 saturated carbocycles. The molecule has 3 amide bonds. The molecule has 9 heteroatoms. The van der Waals surface area contributed by atoms with Gasteiger partial charge in [0.05, 0.1) is 12.0 Å². The Bertz CT molecular complexity index is 1070. The highest BCUT2D eigenvalue weighted by Crippen LogP contribution is 2.34. The standard InChI is InChI=1S/C24H25N3O5S/c1-31-20-13-18(5-6-19(20)32-16-17-7-9-25-10-8-17)14-21-23(29)27(24(30)33-21)15-22(28)26-11-3-2-4-12-26/h5-10,13-14H,2-4,11-12,15-16H2,1H3/b21-14+. The minimum absolute atomic E-state index is 0.185. The summed E-state index contributed by atoms with van der Waals surface area (Å²) >= 11 is 0.840. The van der Waals surface area contributed by atoms with Crippen LogP contribution in [0.3, 0.4) is 0 Å². The number of hydrogen-bond acceptors (Lipinski definition) is 7. The molecule has 0 bridgehead atoms. The van der Waals surface area contributed by atoms with Crippen molar-refractivity contribution < 1.29 is 23.9 Å². The third-order valence-electron chi connectivity index (χ3n) is 5.50. The molecule has 172 valence electrons. The van der Waals surface area contributed by atoms with Crippen LogP contribution < -0.4 is 9.47 Å². The van der Waals surface area contributed by atoms with Gasteiger partial charge in [-0.1, -0.05) is 6.07 Å². The molecule has 8 nitrogen and oxygen atoms in total. The summed E-state index contributed by atoms with van der Waals surface area (Å²) in [5.74, 6) is 0.437. The van der Waals surface area contributed by atoms with Gasteiger partial charge in [0.15, 0.2) is 11.5 Å². The maximum absolute atomic E-state index is 12.8. The molecule has 0 radical (unpaired) electrons. The Balaban J connectivity index is 1.43. The number of hydrogen-bond donors (Lipinski definition) is 0. The molecule has 0 spiro atoms. The van der Waals surface area contributed by atoms with Crippen molar-refractivity contribution in [3.8, 4) is 11.5 Å². The van der Waals surface area contributed by atoms with Crippen molar-refractivity contribution in [1.82, 2.24) is 14.8 Å². The first kappa shape index (κ1) is 22.8. The normalized spacial score (nSPS) is 17.5. The van der Waals surface area contributed by atoms with E-state index in [2.05, 4.69) is 4.98 Å². The van der Waals surface area contributed by atoms with Crippen LogP contribution in [0, 0.1) is 0 Å². The van der Waals surface area contributed by atoms with Gasteiger partial charge in [0, 0.05) is 25.5 Å². The van der Waals surface area contributed by atoms with Gasteiger partial charge in [-0.15, -0.1) is 0 Å². The Hall–Kier alpha value is -3.33. The Morgan fingerprint density at radius 3 is 2.58 bits per heavy atom. The summed E-state index contributed by atoms with van der Waals surface area (Å²) in [6.45, 7) is 1.51. The molecule has 1 aromatic heterocycles. The molecule has 3 heterocycles. The molecule has 33 heavy (non-hydrogen) atoms. The fourth-order valence-corrected chi connectivity index (χ4v) is 4.54. The molecule has 0 unspecified atom stereocenters. The highest BCUT2D eigenvalue weighted by Gasteiger charge is 2.37. The quantitative estimate of drug-likeness (QED) is 0.574. The van der Waals surface area contributed by atoms with Gasteiger partial charge in [-0.3, -0.25) is 24.3 Å². The zero-order valence-electron chi connectivity index (χ0n) is 18.4. The van der Waals surface area contributed by atoms with Gasteiger partial charge in [0.1, 0.15) is 13.2 Å². The summed E-state index contributed by atoms with van der Waals surface area (Å²) in [6, 6.07) is 9.03. The van der Waals surface area contributed by atoms with Gasteiger partial charge >= 0.3 is 0 Å². The zero-order valence-corrected chi connectivity index (χ0v) is 19.2. The van der Waals surface area contributed by atoms with E-state index in [1.807, 2.05) is 12.1 Å². The summed E-state index contributed by atoms with van der Waals surface area (Å²) in [5.41, 5.74) is 1.67. The van der Waals surface area contributed by atoms with Crippen molar-refractivity contribution in [1.29, 1.82) is 0 Å². The molecule has 2 saturated heterocycles. The van der Waals surface area contributed by atoms with Gasteiger partial charge in [0.25, 0.3) is 11.1 Å². The Morgan fingerprint density at radius 1 is 1.09 bits per heavy atom. The molecule has 2 aliphatic rings. The molecule has 2 fully saturated rings. The lowest BCUT2D eigenvalue weighted by Crippen LogP contribution is -2.44. The number of piperidine rings is 1. The molecule has 2 aromatic rings. The topological polar surface area (TPSA) is 89.0 Å². The number of methoxy groups -OCH3 is 1. The molecular weight excluding hydrogens is 442 g/mol. The number of rotatable bonds is 7. The fourth-order valence-electron chi connectivity index (χ4n) is 3.70. The van der Waals surface area contributed by atoms with Crippen LogP contribution in [0.25, 0.3) is 6.08 Å². The fraction of sp³-hybridized carbons (Fsp3) is 0.333. The first-order valence-electron chi connectivity index (χ1n) is 10.8. The van der Waals surface area contributed by atoms with Gasteiger partial charge in [0.2, 0.25) is 5.91 Å². The maximum atomic E-state index is 12.8. The number of imide groups is 1. The number of aromatic nitrogens is 1. The SMILES string of the molecule is COc1cc(/C=C2/SC(=O)N(CC(=O)N3CCCCC3)C2=O)ccc1OCc1ccncc1. The van der Waals surface area contributed by atoms with E-state index < -0.39 is 11.1 Å². The number of likely N-dealkylation sites (tertiary alicyclic amines) is 1. The number of pyridine rings is 1. The third-order valence-corrected chi connectivity index (χ3v) is 6.41. The molecule has 1 aromatic carbocycles. The van der Waals surface area contributed by atoms with Crippen molar-refractivity contribution in [2.24, 2.45) is 0 Å². The summed E-state index contributed by atoms with van der Waals surface area (Å²) in [7, 11) is 1.54. The Labute approximate surface area is 196 Å². The van der Waals surface area contributed by atoms with E-state index in [1.165, 1.54) is 0 Å². The average Bonchev–Trinajstić information content (AvgIpc) is 3.11. The van der Waals surface area contributed by atoms with Gasteiger partial charge in [-0.2, -0.15) is 0 Å². The summed E-state index contributed by atoms with van der Waals surface area (Å²) < 4.78 is 11.3. The minimum atomic E-state index is -0.452. The third kappa shape index (κ3) is 5.54. The highest BCUT2D eigenvalue weighted by atomic mass is 32.2. The van der Waals surface area contributed by atoms with Gasteiger partial charge in [-0.05, 0) is 72.5 Å². The molecule has 0 N–H and O–H groups in total. The second kappa shape index (κ2) is 10.5. The van der Waals surface area contributed by atoms with E-state index in [1.54, 1.807) is 48.7 Å². The second-order valence-corrected chi connectivity index (χ2v) is 8.76. The van der Waals surface area contributed by atoms with Crippen molar-refractivity contribution in [2.45, 2.75) is 25.9 Å². The lowest BCUT2D eigenvalue weighted by molar-refractivity contribution is -0.136. The average molecular weight is 468 g/mol. The van der Waals surface area contributed by atoms with Crippen molar-refractivity contribution >= 4 is 34.9 Å². The number of nitrogens with zero attached hydrogens (tertiary/aromatic N) is 3. The van der Waals surface area contributed by atoms with Gasteiger partial charge in [-0.25, -0.2) is 0 Å². The lowest BCUT2D eigenvalue weighted by Gasteiger charge is -2.27.